The van der Waals surface area contributed by atoms with Crippen molar-refractivity contribution in [1.82, 2.24) is 9.80 Å². The van der Waals surface area contributed by atoms with Gasteiger partial charge in [0.05, 0.1) is 11.5 Å². The Morgan fingerprint density at radius 3 is 2.20 bits per heavy atom. The van der Waals surface area contributed by atoms with Crippen LogP contribution in [0.25, 0.3) is 0 Å². The zero-order valence-corrected chi connectivity index (χ0v) is 15.5. The molecular formula is C18H26N2O4S. The van der Waals surface area contributed by atoms with Crippen LogP contribution in [0.5, 0.6) is 0 Å². The van der Waals surface area contributed by atoms with Crippen molar-refractivity contribution in [2.75, 3.05) is 32.8 Å². The van der Waals surface area contributed by atoms with Gasteiger partial charge in [-0.1, -0.05) is 17.7 Å². The van der Waals surface area contributed by atoms with E-state index in [4.69, 9.17) is 4.18 Å². The molecule has 1 aromatic rings. The number of benzene rings is 1. The smallest absolute Gasteiger partial charge is 0.319 e. The maximum Gasteiger partial charge on any atom is 0.319 e. The topological polar surface area (TPSA) is 66.9 Å². The predicted octanol–water partition coefficient (Wildman–Crippen LogP) is 2.63. The second-order valence-electron chi connectivity index (χ2n) is 6.96. The molecule has 2 aliphatic heterocycles. The largest absolute Gasteiger partial charge is 0.325 e. The average Bonchev–Trinajstić information content (AvgIpc) is 3.15. The number of carbonyl (C=O) groups is 1. The quantitative estimate of drug-likeness (QED) is 0.768. The predicted molar refractivity (Wildman–Crippen MR) is 94.8 cm³/mol. The first-order chi connectivity index (χ1) is 12.0. The molecule has 138 valence electrons. The number of urea groups is 1. The molecule has 0 atom stereocenters. The lowest BCUT2D eigenvalue weighted by atomic mass is 9.98. The molecule has 2 heterocycles. The summed E-state index contributed by atoms with van der Waals surface area (Å²) in [6, 6.07) is 6.80. The molecular weight excluding hydrogens is 340 g/mol. The number of carbonyl (C=O) groups excluding carboxylic acids is 1. The Bertz CT molecular complexity index is 688. The number of nitrogens with zero attached hydrogens (tertiary/aromatic N) is 2. The van der Waals surface area contributed by atoms with Gasteiger partial charge >= 0.3 is 6.03 Å². The molecule has 6 nitrogen and oxygen atoms in total. The van der Waals surface area contributed by atoms with Gasteiger partial charge in [0.15, 0.2) is 0 Å². The van der Waals surface area contributed by atoms with Crippen molar-refractivity contribution < 1.29 is 17.4 Å². The molecule has 2 saturated heterocycles. The third kappa shape index (κ3) is 4.52. The first kappa shape index (κ1) is 18.2. The summed E-state index contributed by atoms with van der Waals surface area (Å²) < 4.78 is 29.7. The summed E-state index contributed by atoms with van der Waals surface area (Å²) in [6.45, 7) is 5.16. The Labute approximate surface area is 149 Å². The molecule has 2 aliphatic rings. The molecule has 2 fully saturated rings. The fourth-order valence-electron chi connectivity index (χ4n) is 3.36. The minimum absolute atomic E-state index is 0.129. The van der Waals surface area contributed by atoms with Crippen LogP contribution in [-0.4, -0.2) is 57.0 Å². The summed E-state index contributed by atoms with van der Waals surface area (Å²) in [4.78, 5) is 16.4. The molecule has 0 unspecified atom stereocenters. The Balaban J connectivity index is 1.47. The van der Waals surface area contributed by atoms with E-state index in [9.17, 15) is 13.2 Å². The van der Waals surface area contributed by atoms with Crippen molar-refractivity contribution in [2.24, 2.45) is 5.92 Å². The fraction of sp³-hybridized carbons (Fsp3) is 0.611. The highest BCUT2D eigenvalue weighted by Gasteiger charge is 2.28. The summed E-state index contributed by atoms with van der Waals surface area (Å²) in [7, 11) is -3.71. The normalized spacial score (nSPS) is 19.4. The van der Waals surface area contributed by atoms with Crippen LogP contribution in [0.3, 0.4) is 0 Å². The van der Waals surface area contributed by atoms with Gasteiger partial charge in [-0.25, -0.2) is 4.79 Å². The van der Waals surface area contributed by atoms with E-state index >= 15 is 0 Å². The lowest BCUT2D eigenvalue weighted by molar-refractivity contribution is 0.125. The minimum Gasteiger partial charge on any atom is -0.325 e. The Kier molecular flexibility index (Phi) is 5.64. The van der Waals surface area contributed by atoms with E-state index in [2.05, 4.69) is 0 Å². The van der Waals surface area contributed by atoms with Gasteiger partial charge in [0, 0.05) is 26.2 Å². The van der Waals surface area contributed by atoms with Gasteiger partial charge in [0.2, 0.25) is 0 Å². The van der Waals surface area contributed by atoms with Gasteiger partial charge in [0.25, 0.3) is 10.1 Å². The molecule has 7 heteroatoms. The van der Waals surface area contributed by atoms with Crippen molar-refractivity contribution in [2.45, 2.75) is 37.5 Å². The van der Waals surface area contributed by atoms with Gasteiger partial charge in [0.1, 0.15) is 0 Å². The van der Waals surface area contributed by atoms with Crippen molar-refractivity contribution in [3.63, 3.8) is 0 Å². The first-order valence-corrected chi connectivity index (χ1v) is 10.4. The summed E-state index contributed by atoms with van der Waals surface area (Å²) in [6.07, 6.45) is 3.74. The molecule has 0 radical (unpaired) electrons. The number of hydrogen-bond acceptors (Lipinski definition) is 4. The Morgan fingerprint density at radius 1 is 1.04 bits per heavy atom. The molecule has 0 spiro atoms. The molecule has 0 aromatic heterocycles. The monoisotopic (exact) mass is 366 g/mol. The van der Waals surface area contributed by atoms with E-state index in [1.54, 1.807) is 24.3 Å². The van der Waals surface area contributed by atoms with Crippen molar-refractivity contribution >= 4 is 16.1 Å². The van der Waals surface area contributed by atoms with Crippen molar-refractivity contribution in [3.8, 4) is 0 Å². The zero-order valence-electron chi connectivity index (χ0n) is 14.7. The molecule has 3 rings (SSSR count). The highest BCUT2D eigenvalue weighted by molar-refractivity contribution is 7.86. The van der Waals surface area contributed by atoms with Crippen LogP contribution >= 0.6 is 0 Å². The second-order valence-corrected chi connectivity index (χ2v) is 8.57. The van der Waals surface area contributed by atoms with Gasteiger partial charge in [-0.05, 0) is 50.7 Å². The molecule has 1 aromatic carbocycles. The van der Waals surface area contributed by atoms with E-state index in [0.717, 1.165) is 44.3 Å². The third-order valence-corrected chi connectivity index (χ3v) is 6.33. The van der Waals surface area contributed by atoms with Crippen LogP contribution in [0.2, 0.25) is 0 Å². The van der Waals surface area contributed by atoms with E-state index in [0.29, 0.717) is 13.1 Å². The summed E-state index contributed by atoms with van der Waals surface area (Å²) in [5, 5.41) is 0. The van der Waals surface area contributed by atoms with E-state index in [1.165, 1.54) is 0 Å². The first-order valence-electron chi connectivity index (χ1n) is 8.96. The third-order valence-electron chi connectivity index (χ3n) is 5.03. The standard InChI is InChI=1S/C18H26N2O4S/c1-15-4-6-17(7-5-15)25(22,23)24-14-16-8-12-20(13-9-16)18(21)19-10-2-3-11-19/h4-7,16H,2-3,8-14H2,1H3. The van der Waals surface area contributed by atoms with Gasteiger partial charge < -0.3 is 9.80 Å². The van der Waals surface area contributed by atoms with Crippen LogP contribution in [0.15, 0.2) is 29.2 Å². The number of hydrogen-bond donors (Lipinski definition) is 0. The van der Waals surface area contributed by atoms with Crippen molar-refractivity contribution in [3.05, 3.63) is 29.8 Å². The average molecular weight is 366 g/mol. The van der Waals surface area contributed by atoms with Gasteiger partial charge in [-0.2, -0.15) is 8.42 Å². The molecule has 0 N–H and O–H groups in total. The summed E-state index contributed by atoms with van der Waals surface area (Å²) in [5.74, 6) is 0.169. The molecule has 0 saturated carbocycles. The van der Waals surface area contributed by atoms with Gasteiger partial charge in [-0.3, -0.25) is 4.18 Å². The fourth-order valence-corrected chi connectivity index (χ4v) is 4.34. The second kappa shape index (κ2) is 7.74. The maximum atomic E-state index is 12.4. The highest BCUT2D eigenvalue weighted by Crippen LogP contribution is 2.22. The number of amides is 2. The molecule has 2 amide bonds. The number of likely N-dealkylation sites (tertiary alicyclic amines) is 2. The SMILES string of the molecule is Cc1ccc(S(=O)(=O)OCC2CCN(C(=O)N3CCCC3)CC2)cc1. The summed E-state index contributed by atoms with van der Waals surface area (Å²) >= 11 is 0. The van der Waals surface area contributed by atoms with E-state index < -0.39 is 10.1 Å². The van der Waals surface area contributed by atoms with Crippen LogP contribution in [0.1, 0.15) is 31.2 Å². The minimum atomic E-state index is -3.71. The van der Waals surface area contributed by atoms with Crippen molar-refractivity contribution in [1.29, 1.82) is 0 Å². The van der Waals surface area contributed by atoms with Crippen LogP contribution < -0.4 is 0 Å². The van der Waals surface area contributed by atoms with Crippen LogP contribution in [0, 0.1) is 12.8 Å². The number of aryl methyl sites for hydroxylation is 1. The summed E-state index contributed by atoms with van der Waals surface area (Å²) in [5.41, 5.74) is 1.01. The molecule has 25 heavy (non-hydrogen) atoms. The highest BCUT2D eigenvalue weighted by atomic mass is 32.2. The zero-order chi connectivity index (χ0) is 17.9. The lowest BCUT2D eigenvalue weighted by Gasteiger charge is -2.34. The Morgan fingerprint density at radius 2 is 1.60 bits per heavy atom. The Hall–Kier alpha value is -1.60. The maximum absolute atomic E-state index is 12.4. The molecule has 0 aliphatic carbocycles. The van der Waals surface area contributed by atoms with Gasteiger partial charge in [-0.15, -0.1) is 0 Å². The molecule has 0 bridgehead atoms. The number of rotatable bonds is 4. The van der Waals surface area contributed by atoms with E-state index in [-0.39, 0.29) is 23.5 Å². The van der Waals surface area contributed by atoms with Crippen LogP contribution in [-0.2, 0) is 14.3 Å². The number of piperidine rings is 1. The lowest BCUT2D eigenvalue weighted by Crippen LogP contribution is -2.46. The van der Waals surface area contributed by atoms with Crippen LogP contribution in [0.4, 0.5) is 4.79 Å². The van der Waals surface area contributed by atoms with E-state index in [1.807, 2.05) is 16.7 Å².